The summed E-state index contributed by atoms with van der Waals surface area (Å²) in [6, 6.07) is 16.1. The number of thiazole rings is 1. The van der Waals surface area contributed by atoms with Crippen LogP contribution in [0.2, 0.25) is 10.0 Å². The van der Waals surface area contributed by atoms with E-state index in [-0.39, 0.29) is 12.2 Å². The average Bonchev–Trinajstić information content (AvgIpc) is 3.33. The van der Waals surface area contributed by atoms with Gasteiger partial charge in [-0.2, -0.15) is 0 Å². The van der Waals surface area contributed by atoms with Crippen LogP contribution in [-0.2, 0) is 9.53 Å². The van der Waals surface area contributed by atoms with Gasteiger partial charge in [0.25, 0.3) is 5.56 Å². The highest BCUT2D eigenvalue weighted by molar-refractivity contribution is 7.07. The summed E-state index contributed by atoms with van der Waals surface area (Å²) in [4.78, 5) is 32.1. The Kier molecular flexibility index (Phi) is 7.18. The van der Waals surface area contributed by atoms with Crippen LogP contribution in [-0.4, -0.2) is 21.7 Å². The van der Waals surface area contributed by atoms with Gasteiger partial charge in [-0.3, -0.25) is 9.36 Å². The number of nitrogens with zero attached hydrogens (tertiary/aromatic N) is 3. The van der Waals surface area contributed by atoms with Crippen LogP contribution in [0.3, 0.4) is 0 Å². The Bertz CT molecular complexity index is 1800. The summed E-state index contributed by atoms with van der Waals surface area (Å²) in [7, 11) is 0. The summed E-state index contributed by atoms with van der Waals surface area (Å²) in [6.07, 6.45) is 1.87. The van der Waals surface area contributed by atoms with Gasteiger partial charge in [0, 0.05) is 16.4 Å². The van der Waals surface area contributed by atoms with Crippen LogP contribution >= 0.6 is 34.5 Å². The number of hydrogen-bond donors (Lipinski definition) is 0. The molecule has 0 radical (unpaired) electrons. The van der Waals surface area contributed by atoms with E-state index >= 15 is 0 Å². The number of carbonyl (C=O) groups is 1. The first-order valence-electron chi connectivity index (χ1n) is 12.1. The molecular formula is C29H25Cl2N3O3S. The van der Waals surface area contributed by atoms with Gasteiger partial charge in [0.1, 0.15) is 6.04 Å². The van der Waals surface area contributed by atoms with E-state index in [1.807, 2.05) is 68.5 Å². The molecule has 1 atom stereocenters. The summed E-state index contributed by atoms with van der Waals surface area (Å²) in [5.41, 5.74) is 4.89. The second-order valence-corrected chi connectivity index (χ2v) is 10.8. The number of halogens is 2. The van der Waals surface area contributed by atoms with Crippen LogP contribution < -0.4 is 14.9 Å². The Morgan fingerprint density at radius 3 is 2.45 bits per heavy atom. The molecule has 2 aromatic heterocycles. The zero-order valence-corrected chi connectivity index (χ0v) is 23.6. The lowest BCUT2D eigenvalue weighted by Gasteiger charge is -2.25. The highest BCUT2D eigenvalue weighted by Gasteiger charge is 2.34. The Morgan fingerprint density at radius 2 is 1.76 bits per heavy atom. The van der Waals surface area contributed by atoms with Crippen molar-refractivity contribution in [1.82, 2.24) is 9.13 Å². The minimum atomic E-state index is -0.753. The van der Waals surface area contributed by atoms with Crippen molar-refractivity contribution in [3.63, 3.8) is 0 Å². The van der Waals surface area contributed by atoms with Crippen molar-refractivity contribution in [3.8, 4) is 5.69 Å². The van der Waals surface area contributed by atoms with E-state index in [9.17, 15) is 9.59 Å². The lowest BCUT2D eigenvalue weighted by atomic mass is 9.96. The number of hydrogen-bond acceptors (Lipinski definition) is 5. The zero-order chi connectivity index (χ0) is 27.1. The van der Waals surface area contributed by atoms with Crippen molar-refractivity contribution >= 4 is 46.6 Å². The molecule has 1 aliphatic heterocycles. The zero-order valence-electron chi connectivity index (χ0n) is 21.3. The van der Waals surface area contributed by atoms with Crippen LogP contribution in [0.25, 0.3) is 11.8 Å². The predicted molar refractivity (Wildman–Crippen MR) is 152 cm³/mol. The molecule has 1 aliphatic rings. The van der Waals surface area contributed by atoms with Crippen LogP contribution in [0.4, 0.5) is 0 Å². The standard InChI is InChI=1S/C29H25Cl2N3O3S/c1-5-37-28(36)25-17(3)32-29-34(26(25)20-10-6-7-11-21(20)30)27(35)24(38-29)15-19-14-16(2)33(18(19)4)23-13-9-8-12-22(23)31/h6-15,26H,5H2,1-4H3/b24-15-/t26-/m1/s1. The van der Waals surface area contributed by atoms with Crippen LogP contribution in [0, 0.1) is 13.8 Å². The smallest absolute Gasteiger partial charge is 0.338 e. The number of aryl methyl sites for hydroxylation is 1. The lowest BCUT2D eigenvalue weighted by molar-refractivity contribution is -0.139. The summed E-state index contributed by atoms with van der Waals surface area (Å²) in [6.45, 7) is 7.70. The fraction of sp³-hybridized carbons (Fsp3) is 0.207. The first-order chi connectivity index (χ1) is 18.2. The predicted octanol–water partition coefficient (Wildman–Crippen LogP) is 5.51. The molecule has 0 amide bonds. The molecule has 194 valence electrons. The molecule has 0 N–H and O–H groups in total. The largest absolute Gasteiger partial charge is 0.463 e. The second kappa shape index (κ2) is 10.4. The van der Waals surface area contributed by atoms with Crippen molar-refractivity contribution in [1.29, 1.82) is 0 Å². The van der Waals surface area contributed by atoms with Crippen molar-refractivity contribution in [3.05, 3.63) is 118 Å². The van der Waals surface area contributed by atoms with E-state index in [1.54, 1.807) is 24.5 Å². The molecule has 4 aromatic rings. The molecule has 38 heavy (non-hydrogen) atoms. The van der Waals surface area contributed by atoms with Gasteiger partial charge in [0.05, 0.1) is 33.1 Å². The Labute approximate surface area is 233 Å². The molecule has 0 saturated carbocycles. The number of ether oxygens (including phenoxy) is 1. The monoisotopic (exact) mass is 565 g/mol. The topological polar surface area (TPSA) is 65.6 Å². The third-order valence-electron chi connectivity index (χ3n) is 6.57. The van der Waals surface area contributed by atoms with Gasteiger partial charge < -0.3 is 9.30 Å². The van der Waals surface area contributed by atoms with Crippen molar-refractivity contribution in [2.24, 2.45) is 4.99 Å². The molecule has 9 heteroatoms. The molecular weight excluding hydrogens is 541 g/mol. The third-order valence-corrected chi connectivity index (χ3v) is 8.21. The number of benzene rings is 2. The van der Waals surface area contributed by atoms with Gasteiger partial charge in [0.15, 0.2) is 4.80 Å². The number of aromatic nitrogens is 2. The van der Waals surface area contributed by atoms with Gasteiger partial charge in [0.2, 0.25) is 0 Å². The maximum absolute atomic E-state index is 13.9. The highest BCUT2D eigenvalue weighted by Crippen LogP contribution is 2.34. The summed E-state index contributed by atoms with van der Waals surface area (Å²) in [5, 5.41) is 1.09. The Balaban J connectivity index is 1.72. The van der Waals surface area contributed by atoms with Crippen molar-refractivity contribution in [2.45, 2.75) is 33.7 Å². The molecule has 2 aromatic carbocycles. The third kappa shape index (κ3) is 4.45. The highest BCUT2D eigenvalue weighted by atomic mass is 35.5. The Hall–Kier alpha value is -3.39. The SMILES string of the molecule is CCOC(=O)C1=C(C)N=c2s/c(=C\c3cc(C)n(-c4ccccc4Cl)c3C)c(=O)n2[C@@H]1c1ccccc1Cl. The molecule has 5 rings (SSSR count). The summed E-state index contributed by atoms with van der Waals surface area (Å²) >= 11 is 14.3. The van der Waals surface area contributed by atoms with Gasteiger partial charge in [-0.25, -0.2) is 9.79 Å². The molecule has 0 saturated heterocycles. The van der Waals surface area contributed by atoms with Crippen LogP contribution in [0.15, 0.2) is 75.7 Å². The maximum Gasteiger partial charge on any atom is 0.338 e. The van der Waals surface area contributed by atoms with Gasteiger partial charge in [-0.1, -0.05) is 64.9 Å². The number of para-hydroxylation sites is 1. The number of carbonyl (C=O) groups excluding carboxylic acids is 1. The molecule has 6 nitrogen and oxygen atoms in total. The molecule has 3 heterocycles. The number of esters is 1. The van der Waals surface area contributed by atoms with Crippen LogP contribution in [0.5, 0.6) is 0 Å². The lowest BCUT2D eigenvalue weighted by Crippen LogP contribution is -2.40. The van der Waals surface area contributed by atoms with E-state index in [2.05, 4.69) is 9.56 Å². The fourth-order valence-electron chi connectivity index (χ4n) is 4.86. The average molecular weight is 567 g/mol. The molecule has 0 bridgehead atoms. The van der Waals surface area contributed by atoms with Crippen molar-refractivity contribution in [2.75, 3.05) is 6.61 Å². The molecule has 0 spiro atoms. The van der Waals surface area contributed by atoms with Gasteiger partial charge in [-0.05, 0) is 69.2 Å². The Morgan fingerprint density at radius 1 is 1.08 bits per heavy atom. The van der Waals surface area contributed by atoms with Crippen molar-refractivity contribution < 1.29 is 9.53 Å². The molecule has 0 aliphatic carbocycles. The first-order valence-corrected chi connectivity index (χ1v) is 13.7. The minimum Gasteiger partial charge on any atom is -0.463 e. The van der Waals surface area contributed by atoms with Gasteiger partial charge in [-0.15, -0.1) is 0 Å². The van der Waals surface area contributed by atoms with Crippen LogP contribution in [0.1, 0.15) is 42.4 Å². The first kappa shape index (κ1) is 26.2. The van der Waals surface area contributed by atoms with E-state index in [1.165, 1.54) is 11.3 Å². The summed E-state index contributed by atoms with van der Waals surface area (Å²) in [5.74, 6) is -0.517. The number of allylic oxidation sites excluding steroid dienone is 1. The normalized spacial score (nSPS) is 15.4. The van der Waals surface area contributed by atoms with E-state index < -0.39 is 12.0 Å². The number of rotatable bonds is 5. The van der Waals surface area contributed by atoms with E-state index in [0.29, 0.717) is 36.2 Å². The van der Waals surface area contributed by atoms with Gasteiger partial charge >= 0.3 is 5.97 Å². The quantitative estimate of drug-likeness (QED) is 0.299. The number of fused-ring (bicyclic) bond motifs is 1. The fourth-order valence-corrected chi connectivity index (χ4v) is 6.36. The molecule has 0 unspecified atom stereocenters. The maximum atomic E-state index is 13.9. The minimum absolute atomic E-state index is 0.205. The molecule has 0 fully saturated rings. The van der Waals surface area contributed by atoms with E-state index in [4.69, 9.17) is 27.9 Å². The second-order valence-electron chi connectivity index (χ2n) is 8.94. The van der Waals surface area contributed by atoms with E-state index in [0.717, 1.165) is 22.6 Å². The summed E-state index contributed by atoms with van der Waals surface area (Å²) < 4.78 is 9.47.